The number of benzene rings is 7. The largest absolute Gasteiger partial charge is 0.309 e. The van der Waals surface area contributed by atoms with Crippen LogP contribution in [0.3, 0.4) is 0 Å². The third kappa shape index (κ3) is 4.31. The van der Waals surface area contributed by atoms with Gasteiger partial charge >= 0.3 is 0 Å². The highest BCUT2D eigenvalue weighted by atomic mass is 15.0. The van der Waals surface area contributed by atoms with Crippen molar-refractivity contribution in [2.24, 2.45) is 0 Å². The second-order valence-corrected chi connectivity index (χ2v) is 12.3. The summed E-state index contributed by atoms with van der Waals surface area (Å²) in [5, 5.41) is 33.9. The molecule has 50 heavy (non-hydrogen) atoms. The molecule has 2 aromatic heterocycles. The molecule has 0 bridgehead atoms. The molecule has 0 unspecified atom stereocenters. The maximum absolute atomic E-state index is 10.0. The van der Waals surface area contributed by atoms with Gasteiger partial charge in [-0.25, -0.2) is 0 Å². The molecule has 0 saturated heterocycles. The van der Waals surface area contributed by atoms with Crippen molar-refractivity contribution in [3.8, 4) is 51.8 Å². The Morgan fingerprint density at radius 2 is 1.02 bits per heavy atom. The van der Waals surface area contributed by atoms with E-state index < -0.39 is 0 Å². The molecule has 0 atom stereocenters. The van der Waals surface area contributed by atoms with Crippen molar-refractivity contribution in [1.82, 2.24) is 9.13 Å². The quantitative estimate of drug-likeness (QED) is 0.193. The molecule has 0 fully saturated rings. The first-order valence-electron chi connectivity index (χ1n) is 16.3. The fraction of sp³-hybridized carbons (Fsp3) is 0. The Labute approximate surface area is 287 Å². The van der Waals surface area contributed by atoms with Crippen molar-refractivity contribution in [1.29, 1.82) is 15.8 Å². The number of aromatic nitrogens is 2. The highest BCUT2D eigenvalue weighted by Crippen LogP contribution is 2.41. The molecule has 9 aromatic rings. The van der Waals surface area contributed by atoms with E-state index in [1.54, 1.807) is 0 Å². The molecule has 5 nitrogen and oxygen atoms in total. The zero-order valence-corrected chi connectivity index (χ0v) is 26.7. The van der Waals surface area contributed by atoms with Crippen LogP contribution in [-0.2, 0) is 0 Å². The van der Waals surface area contributed by atoms with Gasteiger partial charge in [0, 0.05) is 32.8 Å². The van der Waals surface area contributed by atoms with Gasteiger partial charge in [0.05, 0.1) is 56.6 Å². The fourth-order valence-electron chi connectivity index (χ4n) is 7.45. The number of hydrogen-bond donors (Lipinski definition) is 0. The predicted molar refractivity (Wildman–Crippen MR) is 200 cm³/mol. The molecule has 230 valence electrons. The summed E-state index contributed by atoms with van der Waals surface area (Å²) >= 11 is 0. The number of para-hydroxylation sites is 4. The van der Waals surface area contributed by atoms with Crippen LogP contribution >= 0.6 is 0 Å². The van der Waals surface area contributed by atoms with Gasteiger partial charge in [0.15, 0.2) is 0 Å². The first kappa shape index (κ1) is 28.8. The van der Waals surface area contributed by atoms with Crippen LogP contribution in [0.25, 0.3) is 77.2 Å². The predicted octanol–water partition coefficient (Wildman–Crippen LogP) is 10.8. The van der Waals surface area contributed by atoms with E-state index in [4.69, 9.17) is 0 Å². The van der Waals surface area contributed by atoms with E-state index in [0.29, 0.717) is 16.7 Å². The van der Waals surface area contributed by atoms with E-state index in [-0.39, 0.29) is 0 Å². The summed E-state index contributed by atoms with van der Waals surface area (Å²) in [6, 6.07) is 57.8. The molecule has 9 rings (SSSR count). The maximum atomic E-state index is 10.0. The normalized spacial score (nSPS) is 11.1. The van der Waals surface area contributed by atoms with E-state index >= 15 is 0 Å². The topological polar surface area (TPSA) is 81.2 Å². The second kappa shape index (κ2) is 11.4. The lowest BCUT2D eigenvalue weighted by Gasteiger charge is -2.17. The number of hydrogen-bond acceptors (Lipinski definition) is 3. The Morgan fingerprint density at radius 3 is 1.78 bits per heavy atom. The third-order valence-electron chi connectivity index (χ3n) is 9.64. The monoisotopic (exact) mass is 635 g/mol. The maximum Gasteiger partial charge on any atom is 0.101 e. The zero-order chi connectivity index (χ0) is 33.8. The minimum atomic E-state index is 0.576. The van der Waals surface area contributed by atoms with Gasteiger partial charge in [-0.15, -0.1) is 0 Å². The van der Waals surface area contributed by atoms with Gasteiger partial charge in [-0.05, 0) is 83.4 Å². The lowest BCUT2D eigenvalue weighted by atomic mass is 9.92. The molecule has 0 aliphatic rings. The average molecular weight is 636 g/mol. The summed E-state index contributed by atoms with van der Waals surface area (Å²) < 4.78 is 4.43. The highest BCUT2D eigenvalue weighted by molar-refractivity contribution is 6.12. The third-order valence-corrected chi connectivity index (χ3v) is 9.64. The van der Waals surface area contributed by atoms with E-state index in [1.807, 2.05) is 84.9 Å². The lowest BCUT2D eigenvalue weighted by Crippen LogP contribution is -1.99. The van der Waals surface area contributed by atoms with Gasteiger partial charge < -0.3 is 9.13 Å². The number of rotatable bonds is 4. The zero-order valence-electron chi connectivity index (χ0n) is 26.7. The van der Waals surface area contributed by atoms with Crippen LogP contribution in [0.15, 0.2) is 152 Å². The summed E-state index contributed by atoms with van der Waals surface area (Å²) in [4.78, 5) is 0. The Bertz CT molecular complexity index is 2960. The molecule has 0 N–H and O–H groups in total. The van der Waals surface area contributed by atoms with E-state index in [0.717, 1.165) is 77.2 Å². The summed E-state index contributed by atoms with van der Waals surface area (Å²) in [6.07, 6.45) is 0. The van der Waals surface area contributed by atoms with Crippen molar-refractivity contribution in [2.45, 2.75) is 0 Å². The number of nitriles is 3. The first-order chi connectivity index (χ1) is 24.7. The SMILES string of the molecule is N#Cc1ccc(-c2ccccc2-n2c3ccccc3c3cc(C#N)ccc32)c(-c2ccc(-n3c4ccccc4c4cccc(C#N)c43)cc2)c1. The Balaban J connectivity index is 1.24. The Morgan fingerprint density at radius 1 is 0.400 bits per heavy atom. The van der Waals surface area contributed by atoms with Gasteiger partial charge in [-0.2, -0.15) is 15.8 Å². The Kier molecular flexibility index (Phi) is 6.56. The fourth-order valence-corrected chi connectivity index (χ4v) is 7.45. The molecular weight excluding hydrogens is 611 g/mol. The van der Waals surface area contributed by atoms with Gasteiger partial charge in [-0.1, -0.05) is 84.9 Å². The van der Waals surface area contributed by atoms with Gasteiger partial charge in [0.2, 0.25) is 0 Å². The first-order valence-corrected chi connectivity index (χ1v) is 16.3. The van der Waals surface area contributed by atoms with Crippen LogP contribution in [0, 0.1) is 34.0 Å². The summed E-state index contributed by atoms with van der Waals surface area (Å²) in [5.41, 5.74) is 11.7. The second-order valence-electron chi connectivity index (χ2n) is 12.3. The average Bonchev–Trinajstić information content (AvgIpc) is 3.70. The lowest BCUT2D eigenvalue weighted by molar-refractivity contribution is 1.17. The summed E-state index contributed by atoms with van der Waals surface area (Å²) in [5.74, 6) is 0. The van der Waals surface area contributed by atoms with Crippen LogP contribution in [0.5, 0.6) is 0 Å². The highest BCUT2D eigenvalue weighted by Gasteiger charge is 2.19. The van der Waals surface area contributed by atoms with Crippen molar-refractivity contribution >= 4 is 43.6 Å². The molecule has 2 heterocycles. The smallest absolute Gasteiger partial charge is 0.101 e. The van der Waals surface area contributed by atoms with Crippen molar-refractivity contribution < 1.29 is 0 Å². The standard InChI is InChI=1S/C45H25N5/c46-26-29-16-22-34(35-9-1-5-14-42(35)50-43-15-6-3-11-37(43)40-25-30(27-47)17-23-44(40)50)39(24-29)31-18-20-33(21-19-31)49-41-13-4-2-10-36(41)38-12-7-8-32(28-48)45(38)49/h1-25H. The molecule has 5 heteroatoms. The number of nitrogens with zero attached hydrogens (tertiary/aromatic N) is 5. The molecule has 0 amide bonds. The molecular formula is C45H25N5. The van der Waals surface area contributed by atoms with Crippen LogP contribution < -0.4 is 0 Å². The molecule has 0 aliphatic heterocycles. The van der Waals surface area contributed by atoms with E-state index in [9.17, 15) is 15.8 Å². The van der Waals surface area contributed by atoms with Crippen LogP contribution in [0.4, 0.5) is 0 Å². The van der Waals surface area contributed by atoms with Crippen LogP contribution in [-0.4, -0.2) is 9.13 Å². The van der Waals surface area contributed by atoms with Gasteiger partial charge in [0.25, 0.3) is 0 Å². The summed E-state index contributed by atoms with van der Waals surface area (Å²) in [6.45, 7) is 0. The molecule has 0 spiro atoms. The van der Waals surface area contributed by atoms with E-state index in [1.165, 1.54) is 0 Å². The van der Waals surface area contributed by atoms with Crippen molar-refractivity contribution in [3.05, 3.63) is 168 Å². The van der Waals surface area contributed by atoms with Gasteiger partial charge in [0.1, 0.15) is 6.07 Å². The Hall–Kier alpha value is -7.39. The molecule has 0 saturated carbocycles. The molecule has 7 aromatic carbocycles. The van der Waals surface area contributed by atoms with Crippen LogP contribution in [0.1, 0.15) is 16.7 Å². The molecule has 0 aliphatic carbocycles. The minimum Gasteiger partial charge on any atom is -0.309 e. The van der Waals surface area contributed by atoms with Crippen molar-refractivity contribution in [2.75, 3.05) is 0 Å². The van der Waals surface area contributed by atoms with E-state index in [2.05, 4.69) is 94.1 Å². The number of fused-ring (bicyclic) bond motifs is 6. The van der Waals surface area contributed by atoms with Gasteiger partial charge in [-0.3, -0.25) is 0 Å². The molecule has 0 radical (unpaired) electrons. The summed E-state index contributed by atoms with van der Waals surface area (Å²) in [7, 11) is 0. The van der Waals surface area contributed by atoms with Crippen molar-refractivity contribution in [3.63, 3.8) is 0 Å². The minimum absolute atomic E-state index is 0.576. The van der Waals surface area contributed by atoms with Crippen LogP contribution in [0.2, 0.25) is 0 Å².